The van der Waals surface area contributed by atoms with Crippen LogP contribution >= 0.6 is 0 Å². The molecule has 1 saturated heterocycles. The van der Waals surface area contributed by atoms with E-state index in [1.807, 2.05) is 23.0 Å². The molecule has 1 N–H and O–H groups in total. The van der Waals surface area contributed by atoms with E-state index in [0.717, 1.165) is 19.6 Å². The molecular weight excluding hydrogens is 250 g/mol. The fourth-order valence-electron chi connectivity index (χ4n) is 2.66. The summed E-state index contributed by atoms with van der Waals surface area (Å²) in [6.07, 6.45) is 3.95. The van der Waals surface area contributed by atoms with Gasteiger partial charge in [-0.3, -0.25) is 4.90 Å². The van der Waals surface area contributed by atoms with Crippen LogP contribution in [0.4, 0.5) is 0 Å². The Morgan fingerprint density at radius 3 is 2.90 bits per heavy atom. The molecule has 0 aliphatic carbocycles. The molecule has 5 nitrogen and oxygen atoms in total. The Morgan fingerprint density at radius 2 is 2.05 bits per heavy atom. The van der Waals surface area contributed by atoms with Crippen molar-refractivity contribution in [1.29, 1.82) is 0 Å². The molecule has 0 spiro atoms. The van der Waals surface area contributed by atoms with Crippen LogP contribution in [0.15, 0.2) is 30.6 Å². The molecule has 1 aliphatic rings. The van der Waals surface area contributed by atoms with Crippen LogP contribution < -0.4 is 5.32 Å². The first-order chi connectivity index (χ1) is 9.83. The number of rotatable bonds is 5. The van der Waals surface area contributed by atoms with Crippen molar-refractivity contribution in [3.63, 3.8) is 0 Å². The minimum absolute atomic E-state index is 0.890. The van der Waals surface area contributed by atoms with Crippen LogP contribution in [0.3, 0.4) is 0 Å². The maximum Gasteiger partial charge on any atom is 0.0706 e. The van der Waals surface area contributed by atoms with Gasteiger partial charge in [-0.2, -0.15) is 5.10 Å². The van der Waals surface area contributed by atoms with Gasteiger partial charge in [0.1, 0.15) is 0 Å². The van der Waals surface area contributed by atoms with Gasteiger partial charge in [-0.05, 0) is 19.2 Å². The minimum atomic E-state index is 0.890. The van der Waals surface area contributed by atoms with Crippen molar-refractivity contribution in [2.24, 2.45) is 0 Å². The van der Waals surface area contributed by atoms with Crippen molar-refractivity contribution < 1.29 is 0 Å². The number of aromatic nitrogens is 2. The van der Waals surface area contributed by atoms with Crippen molar-refractivity contribution in [2.75, 3.05) is 46.3 Å². The highest BCUT2D eigenvalue weighted by atomic mass is 15.2. The van der Waals surface area contributed by atoms with Gasteiger partial charge in [0.2, 0.25) is 0 Å². The standard InChI is InChI=1S/C15H23N5/c1-18-8-10-19(11-9-18)7-5-16-12-14-13-17-20-6-3-2-4-15(14)20/h2-4,6,13,16H,5,7-12H2,1H3. The van der Waals surface area contributed by atoms with E-state index in [4.69, 9.17) is 0 Å². The van der Waals surface area contributed by atoms with Crippen LogP contribution in [0.1, 0.15) is 5.56 Å². The van der Waals surface area contributed by atoms with Crippen LogP contribution in [0.5, 0.6) is 0 Å². The summed E-state index contributed by atoms with van der Waals surface area (Å²) in [7, 11) is 2.20. The summed E-state index contributed by atoms with van der Waals surface area (Å²) in [6.45, 7) is 7.81. The Bertz CT molecular complexity index is 542. The second-order valence-corrected chi connectivity index (χ2v) is 5.52. The molecule has 0 atom stereocenters. The molecule has 0 amide bonds. The van der Waals surface area contributed by atoms with Gasteiger partial charge in [0.15, 0.2) is 0 Å². The fourth-order valence-corrected chi connectivity index (χ4v) is 2.66. The zero-order chi connectivity index (χ0) is 13.8. The number of pyridine rings is 1. The third-order valence-corrected chi connectivity index (χ3v) is 4.02. The summed E-state index contributed by atoms with van der Waals surface area (Å²) in [5.74, 6) is 0. The quantitative estimate of drug-likeness (QED) is 0.812. The Kier molecular flexibility index (Phi) is 4.30. The lowest BCUT2D eigenvalue weighted by Gasteiger charge is -2.32. The van der Waals surface area contributed by atoms with E-state index in [-0.39, 0.29) is 0 Å². The number of nitrogens with zero attached hydrogens (tertiary/aromatic N) is 4. The van der Waals surface area contributed by atoms with E-state index in [0.29, 0.717) is 0 Å². The highest BCUT2D eigenvalue weighted by molar-refractivity contribution is 5.53. The van der Waals surface area contributed by atoms with E-state index in [9.17, 15) is 0 Å². The van der Waals surface area contributed by atoms with Gasteiger partial charge in [0.25, 0.3) is 0 Å². The molecule has 2 aromatic rings. The SMILES string of the molecule is CN1CCN(CCNCc2cnn3ccccc23)CC1. The first-order valence-electron chi connectivity index (χ1n) is 7.36. The molecule has 1 fully saturated rings. The maximum atomic E-state index is 4.36. The smallest absolute Gasteiger partial charge is 0.0706 e. The van der Waals surface area contributed by atoms with Gasteiger partial charge in [-0.1, -0.05) is 6.07 Å². The normalized spacial score (nSPS) is 17.9. The number of hydrogen-bond acceptors (Lipinski definition) is 4. The molecular formula is C15H23N5. The minimum Gasteiger partial charge on any atom is -0.311 e. The second-order valence-electron chi connectivity index (χ2n) is 5.52. The number of nitrogens with one attached hydrogen (secondary N) is 1. The van der Waals surface area contributed by atoms with Crippen LogP contribution in [0.2, 0.25) is 0 Å². The van der Waals surface area contributed by atoms with Gasteiger partial charge in [0.05, 0.1) is 11.7 Å². The highest BCUT2D eigenvalue weighted by Crippen LogP contribution is 2.09. The molecule has 2 aromatic heterocycles. The monoisotopic (exact) mass is 273 g/mol. The summed E-state index contributed by atoms with van der Waals surface area (Å²) in [6, 6.07) is 6.18. The number of likely N-dealkylation sites (N-methyl/N-ethyl adjacent to an activating group) is 1. The molecule has 0 saturated carbocycles. The van der Waals surface area contributed by atoms with Gasteiger partial charge < -0.3 is 10.2 Å². The fraction of sp³-hybridized carbons (Fsp3) is 0.533. The Balaban J connectivity index is 1.44. The first-order valence-corrected chi connectivity index (χ1v) is 7.36. The van der Waals surface area contributed by atoms with Crippen LogP contribution in [0, 0.1) is 0 Å². The first kappa shape index (κ1) is 13.5. The molecule has 0 radical (unpaired) electrons. The molecule has 0 unspecified atom stereocenters. The summed E-state index contributed by atoms with van der Waals surface area (Å²) in [5.41, 5.74) is 2.46. The zero-order valence-electron chi connectivity index (χ0n) is 12.1. The third-order valence-electron chi connectivity index (χ3n) is 4.02. The van der Waals surface area contributed by atoms with Crippen molar-refractivity contribution in [3.8, 4) is 0 Å². The van der Waals surface area contributed by atoms with Gasteiger partial charge in [-0.25, -0.2) is 4.52 Å². The summed E-state index contributed by atoms with van der Waals surface area (Å²) >= 11 is 0. The molecule has 0 bridgehead atoms. The van der Waals surface area contributed by atoms with Crippen LogP contribution in [0.25, 0.3) is 5.52 Å². The Morgan fingerprint density at radius 1 is 1.20 bits per heavy atom. The van der Waals surface area contributed by atoms with Crippen molar-refractivity contribution in [2.45, 2.75) is 6.54 Å². The second kappa shape index (κ2) is 6.35. The predicted octanol–water partition coefficient (Wildman–Crippen LogP) is 0.671. The van der Waals surface area contributed by atoms with Gasteiger partial charge >= 0.3 is 0 Å². The molecule has 3 rings (SSSR count). The lowest BCUT2D eigenvalue weighted by atomic mass is 10.2. The highest BCUT2D eigenvalue weighted by Gasteiger charge is 2.12. The maximum absolute atomic E-state index is 4.36. The molecule has 0 aromatic carbocycles. The summed E-state index contributed by atoms with van der Waals surface area (Å²) in [4.78, 5) is 4.92. The summed E-state index contributed by atoms with van der Waals surface area (Å²) in [5, 5.41) is 7.89. The lowest BCUT2D eigenvalue weighted by molar-refractivity contribution is 0.154. The van der Waals surface area contributed by atoms with Crippen LogP contribution in [-0.2, 0) is 6.54 Å². The van der Waals surface area contributed by atoms with E-state index in [2.05, 4.69) is 39.4 Å². The number of hydrogen-bond donors (Lipinski definition) is 1. The molecule has 20 heavy (non-hydrogen) atoms. The molecule has 108 valence electrons. The van der Waals surface area contributed by atoms with E-state index >= 15 is 0 Å². The van der Waals surface area contributed by atoms with E-state index < -0.39 is 0 Å². The van der Waals surface area contributed by atoms with E-state index in [1.54, 1.807) is 0 Å². The molecule has 1 aliphatic heterocycles. The molecule has 5 heteroatoms. The predicted molar refractivity (Wildman–Crippen MR) is 80.8 cm³/mol. The van der Waals surface area contributed by atoms with Crippen molar-refractivity contribution in [3.05, 3.63) is 36.2 Å². The lowest BCUT2D eigenvalue weighted by Crippen LogP contribution is -2.46. The van der Waals surface area contributed by atoms with Crippen molar-refractivity contribution in [1.82, 2.24) is 24.7 Å². The average Bonchev–Trinajstić information content (AvgIpc) is 2.89. The van der Waals surface area contributed by atoms with Crippen molar-refractivity contribution >= 4 is 5.52 Å². The topological polar surface area (TPSA) is 35.8 Å². The van der Waals surface area contributed by atoms with E-state index in [1.165, 1.54) is 37.3 Å². The molecule has 3 heterocycles. The van der Waals surface area contributed by atoms with Crippen LogP contribution in [-0.4, -0.2) is 65.7 Å². The average molecular weight is 273 g/mol. The summed E-state index contributed by atoms with van der Waals surface area (Å²) < 4.78 is 1.93. The van der Waals surface area contributed by atoms with Gasteiger partial charge in [-0.15, -0.1) is 0 Å². The largest absolute Gasteiger partial charge is 0.311 e. The zero-order valence-corrected chi connectivity index (χ0v) is 12.1. The third kappa shape index (κ3) is 3.17. The number of fused-ring (bicyclic) bond motifs is 1. The Labute approximate surface area is 120 Å². The number of piperazine rings is 1. The van der Waals surface area contributed by atoms with Gasteiger partial charge in [0, 0.05) is 57.6 Å². The Hall–Kier alpha value is -1.43.